The van der Waals surface area contributed by atoms with Crippen LogP contribution >= 0.6 is 0 Å². The van der Waals surface area contributed by atoms with E-state index in [0.717, 1.165) is 58.5 Å². The summed E-state index contributed by atoms with van der Waals surface area (Å²) in [4.78, 5) is 6.42. The van der Waals surface area contributed by atoms with Gasteiger partial charge in [0.1, 0.15) is 0 Å². The molecule has 10 heteroatoms. The topological polar surface area (TPSA) is 143 Å². The van der Waals surface area contributed by atoms with Crippen molar-refractivity contribution in [2.24, 2.45) is 5.92 Å². The van der Waals surface area contributed by atoms with Gasteiger partial charge in [0.2, 0.25) is 0 Å². The lowest BCUT2D eigenvalue weighted by Gasteiger charge is -2.30. The first-order chi connectivity index (χ1) is 15.1. The molecule has 0 aliphatic carbocycles. The molecule has 0 aliphatic rings. The van der Waals surface area contributed by atoms with E-state index >= 15 is 0 Å². The first kappa shape index (κ1) is 30.6. The number of nitrogens with one attached hydrogen (secondary N) is 1. The monoisotopic (exact) mass is 452 g/mol. The molecule has 0 bridgehead atoms. The number of hydrogen-bond acceptors (Lipinski definition) is 10. The summed E-state index contributed by atoms with van der Waals surface area (Å²) >= 11 is 0. The van der Waals surface area contributed by atoms with Crippen LogP contribution in [0, 0.1) is 5.92 Å². The van der Waals surface area contributed by atoms with Crippen LogP contribution in [0.2, 0.25) is 0 Å². The molecule has 0 saturated heterocycles. The fourth-order valence-electron chi connectivity index (χ4n) is 3.63. The minimum atomic E-state index is 0.0557. The number of nitrogens with zero attached hydrogens (tertiary/aromatic N) is 3. The molecule has 0 aromatic heterocycles. The summed E-state index contributed by atoms with van der Waals surface area (Å²) in [6, 6.07) is 0. The lowest BCUT2D eigenvalue weighted by molar-refractivity contribution is 0.120. The number of rotatable bonds is 24. The Kier molecular flexibility index (Phi) is 22.5. The molecule has 0 fully saturated rings. The van der Waals surface area contributed by atoms with Crippen molar-refractivity contribution in [1.29, 1.82) is 0 Å². The third-order valence-corrected chi connectivity index (χ3v) is 5.54. The van der Waals surface area contributed by atoms with Crippen LogP contribution in [-0.2, 0) is 0 Å². The van der Waals surface area contributed by atoms with Crippen molar-refractivity contribution in [3.05, 3.63) is 0 Å². The van der Waals surface area contributed by atoms with E-state index in [1.54, 1.807) is 0 Å². The van der Waals surface area contributed by atoms with Gasteiger partial charge in [-0.3, -0.25) is 9.80 Å². The fourth-order valence-corrected chi connectivity index (χ4v) is 3.63. The van der Waals surface area contributed by atoms with Gasteiger partial charge in [-0.25, -0.2) is 0 Å². The fraction of sp³-hybridized carbons (Fsp3) is 1.00. The maximum atomic E-state index is 9.41. The summed E-state index contributed by atoms with van der Waals surface area (Å²) in [5.74, 6) is 0.385. The standard InChI is InChI=1S/C21H48N4O6/c26-15-3-21(1-4-22-5-16-27)2-6-23(7-9-24(11-17-28)12-18-29)8-10-25(13-19-30)14-20-31/h21-22,26-31H,1-20H2. The van der Waals surface area contributed by atoms with Crippen molar-refractivity contribution in [1.82, 2.24) is 20.0 Å². The van der Waals surface area contributed by atoms with Crippen molar-refractivity contribution in [2.75, 3.05) is 112 Å². The predicted octanol–water partition coefficient (Wildman–Crippen LogP) is -2.78. The molecule has 1 unspecified atom stereocenters. The molecular formula is C21H48N4O6. The number of aliphatic hydroxyl groups excluding tert-OH is 6. The summed E-state index contributed by atoms with van der Waals surface area (Å²) in [5, 5.41) is 58.5. The Morgan fingerprint density at radius 2 is 0.871 bits per heavy atom. The second-order valence-electron chi connectivity index (χ2n) is 7.85. The highest BCUT2D eigenvalue weighted by Crippen LogP contribution is 2.14. The quantitative estimate of drug-likeness (QED) is 0.0769. The van der Waals surface area contributed by atoms with Crippen molar-refractivity contribution in [2.45, 2.75) is 19.3 Å². The molecule has 0 heterocycles. The van der Waals surface area contributed by atoms with E-state index < -0.39 is 0 Å². The average Bonchev–Trinajstić information content (AvgIpc) is 2.76. The second kappa shape index (κ2) is 22.8. The Morgan fingerprint density at radius 3 is 1.26 bits per heavy atom. The van der Waals surface area contributed by atoms with Gasteiger partial charge in [0.25, 0.3) is 0 Å². The molecule has 0 spiro atoms. The van der Waals surface area contributed by atoms with E-state index in [1.807, 2.05) is 9.80 Å². The molecule has 188 valence electrons. The van der Waals surface area contributed by atoms with Crippen molar-refractivity contribution in [3.8, 4) is 0 Å². The molecule has 10 nitrogen and oxygen atoms in total. The molecule has 0 saturated carbocycles. The minimum absolute atomic E-state index is 0.0557. The zero-order valence-corrected chi connectivity index (χ0v) is 19.2. The van der Waals surface area contributed by atoms with E-state index in [1.165, 1.54) is 0 Å². The van der Waals surface area contributed by atoms with Gasteiger partial charge in [-0.15, -0.1) is 0 Å². The van der Waals surface area contributed by atoms with Crippen LogP contribution in [0.15, 0.2) is 0 Å². The van der Waals surface area contributed by atoms with Crippen LogP contribution in [0.4, 0.5) is 0 Å². The van der Waals surface area contributed by atoms with Crippen LogP contribution in [0.25, 0.3) is 0 Å². The second-order valence-corrected chi connectivity index (χ2v) is 7.85. The zero-order valence-electron chi connectivity index (χ0n) is 19.2. The third-order valence-electron chi connectivity index (χ3n) is 5.54. The molecule has 0 rings (SSSR count). The highest BCUT2D eigenvalue weighted by molar-refractivity contribution is 4.70. The largest absolute Gasteiger partial charge is 0.396 e. The first-order valence-corrected chi connectivity index (χ1v) is 11.7. The van der Waals surface area contributed by atoms with Crippen LogP contribution in [0.1, 0.15) is 19.3 Å². The molecule has 31 heavy (non-hydrogen) atoms. The van der Waals surface area contributed by atoms with Gasteiger partial charge < -0.3 is 40.9 Å². The summed E-state index contributed by atoms with van der Waals surface area (Å²) in [6.07, 6.45) is 2.63. The molecule has 0 aromatic rings. The van der Waals surface area contributed by atoms with Crippen molar-refractivity contribution in [3.63, 3.8) is 0 Å². The molecule has 7 N–H and O–H groups in total. The summed E-state index contributed by atoms with van der Waals surface area (Å²) in [6.45, 7) is 7.93. The number of hydrogen-bond donors (Lipinski definition) is 7. The van der Waals surface area contributed by atoms with Crippen LogP contribution < -0.4 is 5.32 Å². The minimum Gasteiger partial charge on any atom is -0.396 e. The van der Waals surface area contributed by atoms with E-state index in [4.69, 9.17) is 5.11 Å². The lowest BCUT2D eigenvalue weighted by atomic mass is 9.97. The normalized spacial score (nSPS) is 13.1. The van der Waals surface area contributed by atoms with Gasteiger partial charge in [0.05, 0.1) is 33.0 Å². The summed E-state index contributed by atoms with van der Waals surface area (Å²) in [7, 11) is 0. The summed E-state index contributed by atoms with van der Waals surface area (Å²) in [5.41, 5.74) is 0. The van der Waals surface area contributed by atoms with Gasteiger partial charge in [-0.1, -0.05) is 0 Å². The van der Waals surface area contributed by atoms with Crippen molar-refractivity contribution >= 4 is 0 Å². The van der Waals surface area contributed by atoms with Crippen LogP contribution in [-0.4, -0.2) is 157 Å². The average molecular weight is 453 g/mol. The third kappa shape index (κ3) is 17.8. The van der Waals surface area contributed by atoms with Crippen LogP contribution in [0.5, 0.6) is 0 Å². The molecule has 0 amide bonds. The smallest absolute Gasteiger partial charge is 0.0558 e. The van der Waals surface area contributed by atoms with E-state index in [2.05, 4.69) is 10.2 Å². The first-order valence-electron chi connectivity index (χ1n) is 11.7. The molecule has 0 radical (unpaired) electrons. The van der Waals surface area contributed by atoms with Gasteiger partial charge in [-0.2, -0.15) is 0 Å². The molecule has 0 aromatic carbocycles. The summed E-state index contributed by atoms with van der Waals surface area (Å²) < 4.78 is 0. The Balaban J connectivity index is 4.79. The highest BCUT2D eigenvalue weighted by atomic mass is 16.3. The molecular weight excluding hydrogens is 404 g/mol. The number of aliphatic hydroxyl groups is 6. The van der Waals surface area contributed by atoms with E-state index in [-0.39, 0.29) is 39.6 Å². The van der Waals surface area contributed by atoms with Crippen molar-refractivity contribution < 1.29 is 30.6 Å². The molecule has 1 atom stereocenters. The molecule has 0 aliphatic heterocycles. The predicted molar refractivity (Wildman–Crippen MR) is 122 cm³/mol. The Hall–Kier alpha value is -0.400. The SMILES string of the molecule is OCCNCCC(CCO)CCN(CCN(CCO)CCO)CCN(CCO)CCO. The van der Waals surface area contributed by atoms with Gasteiger partial charge in [0.15, 0.2) is 0 Å². The van der Waals surface area contributed by atoms with Gasteiger partial charge in [0, 0.05) is 65.5 Å². The maximum Gasteiger partial charge on any atom is 0.0558 e. The highest BCUT2D eigenvalue weighted by Gasteiger charge is 2.15. The van der Waals surface area contributed by atoms with Crippen LogP contribution in [0.3, 0.4) is 0 Å². The Bertz CT molecular complexity index is 339. The maximum absolute atomic E-state index is 9.41. The van der Waals surface area contributed by atoms with E-state index in [9.17, 15) is 25.5 Å². The Labute approximate surface area is 188 Å². The Morgan fingerprint density at radius 1 is 0.419 bits per heavy atom. The van der Waals surface area contributed by atoms with Gasteiger partial charge >= 0.3 is 0 Å². The zero-order chi connectivity index (χ0) is 23.2. The van der Waals surface area contributed by atoms with E-state index in [0.29, 0.717) is 38.6 Å². The lowest BCUT2D eigenvalue weighted by Crippen LogP contribution is -2.43. The van der Waals surface area contributed by atoms with Gasteiger partial charge in [-0.05, 0) is 38.3 Å².